The first-order chi connectivity index (χ1) is 7.59. The number of aromatic nitrogens is 1. The van der Waals surface area contributed by atoms with Crippen molar-refractivity contribution >= 4 is 12.2 Å². The first-order valence-corrected chi connectivity index (χ1v) is 5.15. The summed E-state index contributed by atoms with van der Waals surface area (Å²) in [5, 5.41) is 0. The highest BCUT2D eigenvalue weighted by atomic mass is 32.1. The summed E-state index contributed by atoms with van der Waals surface area (Å²) in [4.78, 5) is 2.82. The highest BCUT2D eigenvalue weighted by Gasteiger charge is 2.12. The van der Waals surface area contributed by atoms with E-state index >= 15 is 0 Å². The van der Waals surface area contributed by atoms with Crippen LogP contribution in [0.3, 0.4) is 0 Å². The van der Waals surface area contributed by atoms with Crippen LogP contribution in [0.15, 0.2) is 30.3 Å². The SMILES string of the molecule is Cc1ccc(-c2cccc(=S)[nH]2)c(F)c1F. The van der Waals surface area contributed by atoms with E-state index in [1.165, 1.54) is 19.1 Å². The zero-order chi connectivity index (χ0) is 11.7. The van der Waals surface area contributed by atoms with Gasteiger partial charge in [-0.15, -0.1) is 0 Å². The summed E-state index contributed by atoms with van der Waals surface area (Å²) in [5.41, 5.74) is 0.953. The first-order valence-electron chi connectivity index (χ1n) is 4.74. The third-order valence-electron chi connectivity index (χ3n) is 2.33. The van der Waals surface area contributed by atoms with Gasteiger partial charge in [-0.1, -0.05) is 24.4 Å². The monoisotopic (exact) mass is 237 g/mol. The Hall–Kier alpha value is -1.55. The Morgan fingerprint density at radius 1 is 1.06 bits per heavy atom. The lowest BCUT2D eigenvalue weighted by Gasteiger charge is -2.06. The number of rotatable bonds is 1. The molecule has 82 valence electrons. The van der Waals surface area contributed by atoms with Crippen molar-refractivity contribution in [3.05, 3.63) is 52.2 Å². The van der Waals surface area contributed by atoms with Crippen molar-refractivity contribution < 1.29 is 8.78 Å². The molecule has 0 saturated heterocycles. The average molecular weight is 237 g/mol. The van der Waals surface area contributed by atoms with E-state index < -0.39 is 11.6 Å². The van der Waals surface area contributed by atoms with Crippen LogP contribution in [0.5, 0.6) is 0 Å². The molecule has 0 spiro atoms. The fraction of sp³-hybridized carbons (Fsp3) is 0.0833. The highest BCUT2D eigenvalue weighted by molar-refractivity contribution is 7.71. The normalized spacial score (nSPS) is 10.4. The maximum atomic E-state index is 13.7. The fourth-order valence-corrected chi connectivity index (χ4v) is 1.65. The van der Waals surface area contributed by atoms with E-state index in [1.54, 1.807) is 18.2 Å². The highest BCUT2D eigenvalue weighted by Crippen LogP contribution is 2.24. The van der Waals surface area contributed by atoms with Gasteiger partial charge in [-0.25, -0.2) is 8.78 Å². The largest absolute Gasteiger partial charge is 0.346 e. The van der Waals surface area contributed by atoms with Gasteiger partial charge >= 0.3 is 0 Å². The molecule has 0 saturated carbocycles. The molecule has 0 fully saturated rings. The predicted molar refractivity (Wildman–Crippen MR) is 61.7 cm³/mol. The van der Waals surface area contributed by atoms with E-state index in [0.29, 0.717) is 10.3 Å². The Labute approximate surface area is 96.8 Å². The summed E-state index contributed by atoms with van der Waals surface area (Å²) < 4.78 is 27.5. The number of hydrogen-bond donors (Lipinski definition) is 1. The molecule has 0 aliphatic carbocycles. The molecule has 0 aliphatic heterocycles. The topological polar surface area (TPSA) is 15.8 Å². The van der Waals surface area contributed by atoms with Crippen molar-refractivity contribution in [1.29, 1.82) is 0 Å². The molecule has 0 radical (unpaired) electrons. The lowest BCUT2D eigenvalue weighted by atomic mass is 10.1. The molecule has 1 aromatic heterocycles. The average Bonchev–Trinajstić information content (AvgIpc) is 2.26. The zero-order valence-corrected chi connectivity index (χ0v) is 9.37. The van der Waals surface area contributed by atoms with Gasteiger partial charge in [-0.3, -0.25) is 0 Å². The maximum Gasteiger partial charge on any atom is 0.168 e. The van der Waals surface area contributed by atoms with Crippen molar-refractivity contribution in [3.63, 3.8) is 0 Å². The minimum Gasteiger partial charge on any atom is -0.346 e. The Morgan fingerprint density at radius 3 is 2.50 bits per heavy atom. The van der Waals surface area contributed by atoms with Crippen LogP contribution in [0.2, 0.25) is 0 Å². The van der Waals surface area contributed by atoms with Crippen molar-refractivity contribution in [1.82, 2.24) is 4.98 Å². The Balaban J connectivity index is 2.66. The van der Waals surface area contributed by atoms with Gasteiger partial charge in [-0.2, -0.15) is 0 Å². The number of nitrogens with one attached hydrogen (secondary N) is 1. The van der Waals surface area contributed by atoms with Gasteiger partial charge in [0.25, 0.3) is 0 Å². The summed E-state index contributed by atoms with van der Waals surface area (Å²) in [6, 6.07) is 8.11. The third kappa shape index (κ3) is 1.88. The summed E-state index contributed by atoms with van der Waals surface area (Å²) >= 11 is 4.93. The van der Waals surface area contributed by atoms with Gasteiger partial charge < -0.3 is 4.98 Å². The maximum absolute atomic E-state index is 13.7. The zero-order valence-electron chi connectivity index (χ0n) is 8.55. The van der Waals surface area contributed by atoms with Crippen LogP contribution >= 0.6 is 12.2 Å². The number of H-pyrrole nitrogens is 1. The number of benzene rings is 1. The standard InChI is InChI=1S/C12H9F2NS/c1-7-5-6-8(12(14)11(7)13)9-3-2-4-10(16)15-9/h2-6H,1H3,(H,15,16). The van der Waals surface area contributed by atoms with Crippen molar-refractivity contribution in [2.24, 2.45) is 0 Å². The Bertz CT molecular complexity index is 590. The number of aryl methyl sites for hydroxylation is 1. The molecule has 0 atom stereocenters. The van der Waals surface area contributed by atoms with Gasteiger partial charge in [0.05, 0.1) is 0 Å². The summed E-state index contributed by atoms with van der Waals surface area (Å²) in [6.07, 6.45) is 0. The molecule has 2 rings (SSSR count). The van der Waals surface area contributed by atoms with E-state index in [2.05, 4.69) is 4.98 Å². The van der Waals surface area contributed by atoms with Gasteiger partial charge in [-0.05, 0) is 30.7 Å². The molecular weight excluding hydrogens is 228 g/mol. The lowest BCUT2D eigenvalue weighted by Crippen LogP contribution is -1.94. The molecule has 1 nitrogen and oxygen atoms in total. The van der Waals surface area contributed by atoms with Gasteiger partial charge in [0.15, 0.2) is 11.6 Å². The van der Waals surface area contributed by atoms with E-state index in [4.69, 9.17) is 12.2 Å². The van der Waals surface area contributed by atoms with Crippen LogP contribution in [-0.4, -0.2) is 4.98 Å². The quantitative estimate of drug-likeness (QED) is 0.741. The third-order valence-corrected chi connectivity index (χ3v) is 2.57. The van der Waals surface area contributed by atoms with Crippen LogP contribution in [-0.2, 0) is 0 Å². The van der Waals surface area contributed by atoms with Crippen LogP contribution in [0.4, 0.5) is 8.78 Å². The first kappa shape index (κ1) is 11.0. The molecular formula is C12H9F2NS. The number of halogens is 2. The molecule has 4 heteroatoms. The lowest BCUT2D eigenvalue weighted by molar-refractivity contribution is 0.505. The number of pyridine rings is 1. The Kier molecular flexibility index (Phi) is 2.83. The van der Waals surface area contributed by atoms with Gasteiger partial charge in [0.2, 0.25) is 0 Å². The molecule has 1 heterocycles. The molecule has 2 aromatic rings. The smallest absolute Gasteiger partial charge is 0.168 e. The van der Waals surface area contributed by atoms with E-state index in [-0.39, 0.29) is 11.1 Å². The van der Waals surface area contributed by atoms with Crippen molar-refractivity contribution in [2.45, 2.75) is 6.92 Å². The van der Waals surface area contributed by atoms with Gasteiger partial charge in [0, 0.05) is 11.3 Å². The summed E-state index contributed by atoms with van der Waals surface area (Å²) in [5.74, 6) is -1.67. The summed E-state index contributed by atoms with van der Waals surface area (Å²) in [7, 11) is 0. The fourth-order valence-electron chi connectivity index (χ4n) is 1.46. The molecule has 16 heavy (non-hydrogen) atoms. The second-order valence-corrected chi connectivity index (χ2v) is 3.93. The molecule has 1 aromatic carbocycles. The molecule has 0 bridgehead atoms. The molecule has 0 unspecified atom stereocenters. The van der Waals surface area contributed by atoms with Crippen molar-refractivity contribution in [3.8, 4) is 11.3 Å². The molecule has 0 aliphatic rings. The number of aromatic amines is 1. The summed E-state index contributed by atoms with van der Waals surface area (Å²) in [6.45, 7) is 1.52. The van der Waals surface area contributed by atoms with Crippen LogP contribution in [0.1, 0.15) is 5.56 Å². The molecule has 1 N–H and O–H groups in total. The Morgan fingerprint density at radius 2 is 1.81 bits per heavy atom. The minimum absolute atomic E-state index is 0.190. The minimum atomic E-state index is -0.850. The van der Waals surface area contributed by atoms with Crippen LogP contribution < -0.4 is 0 Å². The van der Waals surface area contributed by atoms with Crippen molar-refractivity contribution in [2.75, 3.05) is 0 Å². The van der Waals surface area contributed by atoms with Gasteiger partial charge in [0.1, 0.15) is 4.64 Å². The van der Waals surface area contributed by atoms with E-state index in [9.17, 15) is 8.78 Å². The van der Waals surface area contributed by atoms with Crippen LogP contribution in [0, 0.1) is 23.2 Å². The molecule has 0 amide bonds. The second-order valence-electron chi connectivity index (χ2n) is 3.49. The van der Waals surface area contributed by atoms with E-state index in [1.807, 2.05) is 0 Å². The predicted octanol–water partition coefficient (Wildman–Crippen LogP) is 4.00. The van der Waals surface area contributed by atoms with Crippen LogP contribution in [0.25, 0.3) is 11.3 Å². The van der Waals surface area contributed by atoms with E-state index in [0.717, 1.165) is 0 Å². The number of hydrogen-bond acceptors (Lipinski definition) is 1. The second kappa shape index (κ2) is 4.14.